The summed E-state index contributed by atoms with van der Waals surface area (Å²) < 4.78 is 40.9. The van der Waals surface area contributed by atoms with Gasteiger partial charge in [-0.25, -0.2) is 17.5 Å². The van der Waals surface area contributed by atoms with Crippen molar-refractivity contribution in [3.05, 3.63) is 52.7 Å². The lowest BCUT2D eigenvalue weighted by Crippen LogP contribution is -2.40. The fourth-order valence-corrected chi connectivity index (χ4v) is 4.70. The predicted molar refractivity (Wildman–Crippen MR) is 83.4 cm³/mol. The third-order valence-corrected chi connectivity index (χ3v) is 6.58. The molecule has 0 atom stereocenters. The molecule has 2 aromatic rings. The summed E-state index contributed by atoms with van der Waals surface area (Å²) in [7, 11) is -3.59. The standard InChI is InChI=1S/C15H18FNO2S2/c1-4-13-9-10-14(20-13)21(18,19)17-15(2,3)11-5-7-12(16)8-6-11/h5-10,17H,4H2,1-3H3. The zero-order valence-electron chi connectivity index (χ0n) is 12.2. The van der Waals surface area contributed by atoms with Crippen LogP contribution in [0, 0.1) is 5.82 Å². The van der Waals surface area contributed by atoms with Crippen molar-refractivity contribution < 1.29 is 12.8 Å². The molecule has 0 amide bonds. The van der Waals surface area contributed by atoms with Gasteiger partial charge in [0.05, 0.1) is 5.54 Å². The van der Waals surface area contributed by atoms with Crippen molar-refractivity contribution in [1.29, 1.82) is 0 Å². The number of aryl methyl sites for hydroxylation is 1. The van der Waals surface area contributed by atoms with Gasteiger partial charge in [-0.3, -0.25) is 0 Å². The van der Waals surface area contributed by atoms with Crippen LogP contribution < -0.4 is 4.72 Å². The quantitative estimate of drug-likeness (QED) is 0.911. The van der Waals surface area contributed by atoms with Gasteiger partial charge >= 0.3 is 0 Å². The first-order valence-electron chi connectivity index (χ1n) is 6.63. The molecule has 0 saturated heterocycles. The van der Waals surface area contributed by atoms with Gasteiger partial charge in [-0.1, -0.05) is 19.1 Å². The van der Waals surface area contributed by atoms with Gasteiger partial charge in [0.15, 0.2) is 0 Å². The first-order valence-corrected chi connectivity index (χ1v) is 8.93. The largest absolute Gasteiger partial charge is 0.250 e. The molecule has 0 spiro atoms. The number of rotatable bonds is 5. The summed E-state index contributed by atoms with van der Waals surface area (Å²) in [6.07, 6.45) is 0.807. The average Bonchev–Trinajstić information content (AvgIpc) is 2.87. The van der Waals surface area contributed by atoms with Gasteiger partial charge in [-0.15, -0.1) is 11.3 Å². The maximum absolute atomic E-state index is 13.0. The SMILES string of the molecule is CCc1ccc(S(=O)(=O)NC(C)(C)c2ccc(F)cc2)s1. The zero-order valence-corrected chi connectivity index (χ0v) is 13.8. The van der Waals surface area contributed by atoms with E-state index in [4.69, 9.17) is 0 Å². The third kappa shape index (κ3) is 3.70. The molecule has 1 aromatic carbocycles. The topological polar surface area (TPSA) is 46.2 Å². The van der Waals surface area contributed by atoms with Crippen LogP contribution >= 0.6 is 11.3 Å². The molecule has 0 saturated carbocycles. The second-order valence-corrected chi connectivity index (χ2v) is 8.39. The lowest BCUT2D eigenvalue weighted by Gasteiger charge is -2.26. The number of benzene rings is 1. The minimum Gasteiger partial charge on any atom is -0.207 e. The molecule has 0 bridgehead atoms. The molecule has 0 unspecified atom stereocenters. The second kappa shape index (κ2) is 5.87. The van der Waals surface area contributed by atoms with Crippen LogP contribution in [0.5, 0.6) is 0 Å². The highest BCUT2D eigenvalue weighted by molar-refractivity contribution is 7.91. The zero-order chi connectivity index (χ0) is 15.7. The van der Waals surface area contributed by atoms with Gasteiger partial charge in [0.25, 0.3) is 10.0 Å². The van der Waals surface area contributed by atoms with Crippen LogP contribution in [-0.4, -0.2) is 8.42 Å². The van der Waals surface area contributed by atoms with Crippen molar-refractivity contribution in [2.24, 2.45) is 0 Å². The minimum atomic E-state index is -3.59. The molecule has 1 aromatic heterocycles. The smallest absolute Gasteiger partial charge is 0.207 e. The Balaban J connectivity index is 2.28. The first-order chi connectivity index (χ1) is 9.74. The van der Waals surface area contributed by atoms with Crippen LogP contribution in [0.25, 0.3) is 0 Å². The van der Waals surface area contributed by atoms with Crippen LogP contribution in [0.1, 0.15) is 31.2 Å². The summed E-state index contributed by atoms with van der Waals surface area (Å²) in [5, 5.41) is 0. The summed E-state index contributed by atoms with van der Waals surface area (Å²) in [5.74, 6) is -0.344. The van der Waals surface area contributed by atoms with Gasteiger partial charge in [-0.05, 0) is 50.1 Å². The van der Waals surface area contributed by atoms with Crippen molar-refractivity contribution in [3.8, 4) is 0 Å². The van der Waals surface area contributed by atoms with Crippen LogP contribution in [0.4, 0.5) is 4.39 Å². The third-order valence-electron chi connectivity index (χ3n) is 3.21. The van der Waals surface area contributed by atoms with E-state index in [1.54, 1.807) is 32.0 Å². The number of nitrogens with one attached hydrogen (secondary N) is 1. The van der Waals surface area contributed by atoms with Crippen LogP contribution in [0.15, 0.2) is 40.6 Å². The van der Waals surface area contributed by atoms with E-state index in [0.29, 0.717) is 9.77 Å². The van der Waals surface area contributed by atoms with Gasteiger partial charge in [-0.2, -0.15) is 0 Å². The van der Waals surface area contributed by atoms with Crippen molar-refractivity contribution in [2.45, 2.75) is 36.9 Å². The van der Waals surface area contributed by atoms with E-state index in [1.807, 2.05) is 13.0 Å². The van der Waals surface area contributed by atoms with E-state index in [9.17, 15) is 12.8 Å². The molecule has 0 fully saturated rings. The van der Waals surface area contributed by atoms with Crippen LogP contribution in [0.2, 0.25) is 0 Å². The van der Waals surface area contributed by atoms with E-state index in [-0.39, 0.29) is 5.82 Å². The van der Waals surface area contributed by atoms with E-state index in [2.05, 4.69) is 4.72 Å². The van der Waals surface area contributed by atoms with Crippen LogP contribution in [-0.2, 0) is 22.0 Å². The number of thiophene rings is 1. The molecular weight excluding hydrogens is 309 g/mol. The summed E-state index contributed by atoms with van der Waals surface area (Å²) in [6, 6.07) is 9.27. The highest BCUT2D eigenvalue weighted by Gasteiger charge is 2.28. The van der Waals surface area contributed by atoms with Crippen molar-refractivity contribution in [1.82, 2.24) is 4.72 Å². The van der Waals surface area contributed by atoms with Crippen LogP contribution in [0.3, 0.4) is 0 Å². The Morgan fingerprint density at radius 3 is 2.29 bits per heavy atom. The summed E-state index contributed by atoms with van der Waals surface area (Å²) in [5.41, 5.74) is -0.108. The van der Waals surface area contributed by atoms with Gasteiger partial charge in [0.2, 0.25) is 0 Å². The normalized spacial score (nSPS) is 12.6. The maximum Gasteiger partial charge on any atom is 0.250 e. The molecule has 6 heteroatoms. The molecular formula is C15H18FNO2S2. The molecule has 2 rings (SSSR count). The molecule has 0 aliphatic heterocycles. The summed E-state index contributed by atoms with van der Waals surface area (Å²) in [4.78, 5) is 1.02. The lowest BCUT2D eigenvalue weighted by atomic mass is 9.96. The van der Waals surface area contributed by atoms with Gasteiger partial charge in [0.1, 0.15) is 10.0 Å². The number of halogens is 1. The Bertz CT molecular complexity index is 718. The fourth-order valence-electron chi connectivity index (χ4n) is 2.00. The fraction of sp³-hybridized carbons (Fsp3) is 0.333. The van der Waals surface area contributed by atoms with Crippen molar-refractivity contribution >= 4 is 21.4 Å². The first kappa shape index (κ1) is 16.1. The van der Waals surface area contributed by atoms with Crippen molar-refractivity contribution in [3.63, 3.8) is 0 Å². The Labute approximate surface area is 128 Å². The monoisotopic (exact) mass is 327 g/mol. The number of hydrogen-bond donors (Lipinski definition) is 1. The van der Waals surface area contributed by atoms with Gasteiger partial charge in [0, 0.05) is 4.88 Å². The van der Waals surface area contributed by atoms with E-state index in [1.165, 1.54) is 23.5 Å². The Kier molecular flexibility index (Phi) is 4.51. The summed E-state index contributed by atoms with van der Waals surface area (Å²) in [6.45, 7) is 5.50. The minimum absolute atomic E-state index is 0.300. The maximum atomic E-state index is 13.0. The number of sulfonamides is 1. The Morgan fingerprint density at radius 1 is 1.14 bits per heavy atom. The molecule has 1 heterocycles. The number of hydrogen-bond acceptors (Lipinski definition) is 3. The molecule has 3 nitrogen and oxygen atoms in total. The van der Waals surface area contributed by atoms with E-state index < -0.39 is 15.6 Å². The highest BCUT2D eigenvalue weighted by Crippen LogP contribution is 2.27. The molecule has 21 heavy (non-hydrogen) atoms. The molecule has 0 aliphatic rings. The van der Waals surface area contributed by atoms with Gasteiger partial charge < -0.3 is 0 Å². The van der Waals surface area contributed by atoms with E-state index in [0.717, 1.165) is 11.3 Å². The Hall–Kier alpha value is -1.24. The molecule has 1 N–H and O–H groups in total. The van der Waals surface area contributed by atoms with Crippen molar-refractivity contribution in [2.75, 3.05) is 0 Å². The average molecular weight is 327 g/mol. The molecule has 114 valence electrons. The summed E-state index contributed by atoms with van der Waals surface area (Å²) >= 11 is 1.27. The predicted octanol–water partition coefficient (Wildman–Crippen LogP) is 3.66. The Morgan fingerprint density at radius 2 is 1.76 bits per heavy atom. The molecule has 0 aliphatic carbocycles. The highest BCUT2D eigenvalue weighted by atomic mass is 32.2. The lowest BCUT2D eigenvalue weighted by molar-refractivity contribution is 0.472. The molecule has 0 radical (unpaired) electrons. The second-order valence-electron chi connectivity index (χ2n) is 5.31. The van der Waals surface area contributed by atoms with E-state index >= 15 is 0 Å².